The molecule has 20 heavy (non-hydrogen) atoms. The van der Waals surface area contributed by atoms with Crippen LogP contribution in [0.4, 0.5) is 5.82 Å². The maximum atomic E-state index is 5.86. The molecule has 2 unspecified atom stereocenters. The fraction of sp³-hybridized carbons (Fsp3) is 0.600. The summed E-state index contributed by atoms with van der Waals surface area (Å²) < 4.78 is 0. The molecule has 5 heteroatoms. The van der Waals surface area contributed by atoms with Crippen molar-refractivity contribution in [3.8, 4) is 0 Å². The topological polar surface area (TPSA) is 54.2 Å². The van der Waals surface area contributed by atoms with Gasteiger partial charge in [0.1, 0.15) is 10.8 Å². The summed E-state index contributed by atoms with van der Waals surface area (Å²) in [6.07, 6.45) is 2.23. The van der Waals surface area contributed by atoms with Gasteiger partial charge in [-0.05, 0) is 52.3 Å². The average molecular weight is 292 g/mol. The summed E-state index contributed by atoms with van der Waals surface area (Å²) in [6, 6.07) is 3.04. The zero-order valence-corrected chi connectivity index (χ0v) is 13.5. The van der Waals surface area contributed by atoms with Gasteiger partial charge in [-0.1, -0.05) is 12.2 Å². The summed E-state index contributed by atoms with van der Waals surface area (Å²) in [4.78, 5) is 7.41. The minimum atomic E-state index is 0.415. The van der Waals surface area contributed by atoms with Gasteiger partial charge in [0.25, 0.3) is 0 Å². The maximum absolute atomic E-state index is 5.86. The number of anilines is 1. The summed E-state index contributed by atoms with van der Waals surface area (Å²) >= 11 is 5.18. The van der Waals surface area contributed by atoms with Crippen molar-refractivity contribution in [2.24, 2.45) is 5.73 Å². The molecule has 3 N–H and O–H groups in total. The maximum Gasteiger partial charge on any atom is 0.136 e. The highest BCUT2D eigenvalue weighted by atomic mass is 32.1. The van der Waals surface area contributed by atoms with Crippen LogP contribution in [0.5, 0.6) is 0 Å². The molecule has 0 aromatic carbocycles. The summed E-state index contributed by atoms with van der Waals surface area (Å²) in [6.45, 7) is 7.40. The second-order valence-corrected chi connectivity index (χ2v) is 6.30. The van der Waals surface area contributed by atoms with Gasteiger partial charge in [0.2, 0.25) is 0 Å². The molecule has 1 fully saturated rings. The Balaban J connectivity index is 2.23. The molecule has 0 spiro atoms. The zero-order valence-electron chi connectivity index (χ0n) is 12.7. The Morgan fingerprint density at radius 2 is 2.20 bits per heavy atom. The highest BCUT2D eigenvalue weighted by molar-refractivity contribution is 7.80. The van der Waals surface area contributed by atoms with Gasteiger partial charge >= 0.3 is 0 Å². The third kappa shape index (κ3) is 3.27. The molecule has 1 aromatic heterocycles. The van der Waals surface area contributed by atoms with Gasteiger partial charge < -0.3 is 16.0 Å². The Morgan fingerprint density at radius 3 is 2.80 bits per heavy atom. The van der Waals surface area contributed by atoms with Gasteiger partial charge in [-0.3, -0.25) is 0 Å². The van der Waals surface area contributed by atoms with Crippen LogP contribution in [-0.4, -0.2) is 40.5 Å². The van der Waals surface area contributed by atoms with E-state index in [0.717, 1.165) is 42.0 Å². The number of likely N-dealkylation sites (tertiary alicyclic amines) is 1. The Morgan fingerprint density at radius 1 is 1.50 bits per heavy atom. The number of piperidine rings is 1. The Hall–Kier alpha value is -1.20. The van der Waals surface area contributed by atoms with Crippen molar-refractivity contribution in [2.45, 2.75) is 45.7 Å². The standard InChI is InChI=1S/C15H24N4S/c1-9-7-10(2)17-15(13(9)14(16)20)18-12-5-6-19(4)11(3)8-12/h7,11-12H,5-6,8H2,1-4H3,(H2,16,20)(H,17,18). The van der Waals surface area contributed by atoms with Crippen molar-refractivity contribution in [2.75, 3.05) is 18.9 Å². The van der Waals surface area contributed by atoms with Crippen LogP contribution in [0.25, 0.3) is 0 Å². The Bertz CT molecular complexity index is 515. The third-order valence-corrected chi connectivity index (χ3v) is 4.34. The number of aromatic nitrogens is 1. The molecule has 4 nitrogen and oxygen atoms in total. The van der Waals surface area contributed by atoms with Gasteiger partial charge in [0, 0.05) is 24.3 Å². The van der Waals surface area contributed by atoms with Gasteiger partial charge in [0.05, 0.1) is 5.56 Å². The number of pyridine rings is 1. The second kappa shape index (κ2) is 6.06. The van der Waals surface area contributed by atoms with Gasteiger partial charge in [-0.2, -0.15) is 0 Å². The van der Waals surface area contributed by atoms with Crippen molar-refractivity contribution in [1.82, 2.24) is 9.88 Å². The molecule has 0 amide bonds. The lowest BCUT2D eigenvalue weighted by Gasteiger charge is -2.36. The smallest absolute Gasteiger partial charge is 0.136 e. The molecule has 0 radical (unpaired) electrons. The molecule has 2 atom stereocenters. The van der Waals surface area contributed by atoms with E-state index >= 15 is 0 Å². The summed E-state index contributed by atoms with van der Waals surface area (Å²) in [5, 5.41) is 3.56. The van der Waals surface area contributed by atoms with Gasteiger partial charge in [-0.25, -0.2) is 4.98 Å². The summed E-state index contributed by atoms with van der Waals surface area (Å²) in [5.74, 6) is 0.844. The lowest BCUT2D eigenvalue weighted by molar-refractivity contribution is 0.190. The number of nitrogens with zero attached hydrogens (tertiary/aromatic N) is 2. The number of hydrogen-bond donors (Lipinski definition) is 2. The monoisotopic (exact) mass is 292 g/mol. The lowest BCUT2D eigenvalue weighted by atomic mass is 9.98. The predicted molar refractivity (Wildman–Crippen MR) is 88.3 cm³/mol. The SMILES string of the molecule is Cc1cc(C)c(C(N)=S)c(NC2CCN(C)C(C)C2)n1. The minimum absolute atomic E-state index is 0.415. The van der Waals surface area contributed by atoms with Crippen LogP contribution in [0.3, 0.4) is 0 Å². The quantitative estimate of drug-likeness (QED) is 0.837. The van der Waals surface area contributed by atoms with E-state index in [1.165, 1.54) is 0 Å². The minimum Gasteiger partial charge on any atom is -0.389 e. The van der Waals surface area contributed by atoms with Crippen molar-refractivity contribution in [1.29, 1.82) is 0 Å². The molecule has 1 saturated heterocycles. The van der Waals surface area contributed by atoms with E-state index in [4.69, 9.17) is 18.0 Å². The van der Waals surface area contributed by atoms with E-state index in [-0.39, 0.29) is 0 Å². The van der Waals surface area contributed by atoms with Crippen LogP contribution in [0.15, 0.2) is 6.07 Å². The molecular weight excluding hydrogens is 268 g/mol. The first-order valence-electron chi connectivity index (χ1n) is 7.13. The van der Waals surface area contributed by atoms with Crippen molar-refractivity contribution < 1.29 is 0 Å². The van der Waals surface area contributed by atoms with E-state index < -0.39 is 0 Å². The number of nitrogens with two attached hydrogens (primary N) is 1. The molecule has 0 saturated carbocycles. The number of thiocarbonyl (C=S) groups is 1. The van der Waals surface area contributed by atoms with Crippen molar-refractivity contribution in [3.63, 3.8) is 0 Å². The summed E-state index contributed by atoms with van der Waals surface area (Å²) in [5.41, 5.74) is 8.83. The first kappa shape index (κ1) is 15.2. The summed E-state index contributed by atoms with van der Waals surface area (Å²) in [7, 11) is 2.18. The molecule has 2 rings (SSSR count). The molecule has 0 aliphatic carbocycles. The number of rotatable bonds is 3. The fourth-order valence-corrected chi connectivity index (χ4v) is 3.12. The van der Waals surface area contributed by atoms with Gasteiger partial charge in [-0.15, -0.1) is 0 Å². The van der Waals surface area contributed by atoms with Crippen LogP contribution in [-0.2, 0) is 0 Å². The molecule has 1 aliphatic heterocycles. The van der Waals surface area contributed by atoms with Crippen LogP contribution in [0.2, 0.25) is 0 Å². The third-order valence-electron chi connectivity index (χ3n) is 4.14. The average Bonchev–Trinajstić information content (AvgIpc) is 2.32. The largest absolute Gasteiger partial charge is 0.389 e. The molecule has 0 bridgehead atoms. The lowest BCUT2D eigenvalue weighted by Crippen LogP contribution is -2.43. The Kier molecular flexibility index (Phi) is 4.60. The predicted octanol–water partition coefficient (Wildman–Crippen LogP) is 2.23. The van der Waals surface area contributed by atoms with E-state index in [1.807, 2.05) is 19.9 Å². The second-order valence-electron chi connectivity index (χ2n) is 5.86. The van der Waals surface area contributed by atoms with Crippen LogP contribution in [0.1, 0.15) is 36.6 Å². The molecule has 2 heterocycles. The van der Waals surface area contributed by atoms with Crippen LogP contribution in [0, 0.1) is 13.8 Å². The first-order valence-corrected chi connectivity index (χ1v) is 7.54. The van der Waals surface area contributed by atoms with Crippen molar-refractivity contribution >= 4 is 23.0 Å². The number of nitrogens with one attached hydrogen (secondary N) is 1. The number of hydrogen-bond acceptors (Lipinski definition) is 4. The van der Waals surface area contributed by atoms with Crippen LogP contribution >= 0.6 is 12.2 Å². The van der Waals surface area contributed by atoms with Gasteiger partial charge in [0.15, 0.2) is 0 Å². The van der Waals surface area contributed by atoms with Crippen molar-refractivity contribution in [3.05, 3.63) is 22.9 Å². The van der Waals surface area contributed by atoms with Crippen LogP contribution < -0.4 is 11.1 Å². The molecule has 110 valence electrons. The zero-order chi connectivity index (χ0) is 14.9. The highest BCUT2D eigenvalue weighted by Gasteiger charge is 2.24. The first-order chi connectivity index (χ1) is 9.38. The number of aryl methyl sites for hydroxylation is 2. The van der Waals surface area contributed by atoms with E-state index in [0.29, 0.717) is 17.1 Å². The molecule has 1 aliphatic rings. The Labute approximate surface area is 126 Å². The normalized spacial score (nSPS) is 23.6. The molecule has 1 aromatic rings. The highest BCUT2D eigenvalue weighted by Crippen LogP contribution is 2.23. The molecular formula is C15H24N4S. The van der Waals surface area contributed by atoms with E-state index in [1.54, 1.807) is 0 Å². The fourth-order valence-electron chi connectivity index (χ4n) is 2.87. The van der Waals surface area contributed by atoms with E-state index in [9.17, 15) is 0 Å². The van der Waals surface area contributed by atoms with E-state index in [2.05, 4.69) is 29.2 Å².